The predicted molar refractivity (Wildman–Crippen MR) is 66.6 cm³/mol. The molecule has 0 saturated carbocycles. The Balaban J connectivity index is 2.61. The molecule has 1 aromatic rings. The van der Waals surface area contributed by atoms with Crippen LogP contribution in [0.25, 0.3) is 0 Å². The summed E-state index contributed by atoms with van der Waals surface area (Å²) in [6.45, 7) is 1.36. The molecule has 0 aromatic heterocycles. The second-order valence-corrected chi connectivity index (χ2v) is 4.72. The smallest absolute Gasteiger partial charge is 0.322 e. The molecule has 1 aliphatic rings. The Labute approximate surface area is 113 Å². The number of urea groups is 1. The van der Waals surface area contributed by atoms with Crippen LogP contribution in [0, 0.1) is 5.92 Å². The van der Waals surface area contributed by atoms with Crippen molar-refractivity contribution in [2.24, 2.45) is 5.92 Å². The van der Waals surface area contributed by atoms with Crippen LogP contribution in [0.3, 0.4) is 0 Å². The maximum atomic E-state index is 12.1. The van der Waals surface area contributed by atoms with E-state index in [0.717, 1.165) is 0 Å². The molecule has 1 fully saturated rings. The minimum Gasteiger partial charge on any atom is -0.481 e. The van der Waals surface area contributed by atoms with Crippen molar-refractivity contribution in [3.05, 3.63) is 34.9 Å². The maximum Gasteiger partial charge on any atom is 0.322 e. The fourth-order valence-electron chi connectivity index (χ4n) is 2.15. The Hall–Kier alpha value is -2.08. The highest BCUT2D eigenvalue weighted by Gasteiger charge is 2.54. The van der Waals surface area contributed by atoms with E-state index in [4.69, 9.17) is 11.6 Å². The van der Waals surface area contributed by atoms with Crippen molar-refractivity contribution in [2.45, 2.75) is 12.5 Å². The number of halogens is 1. The van der Waals surface area contributed by atoms with Crippen LogP contribution < -0.4 is 10.6 Å². The minimum atomic E-state index is -1.65. The average molecular weight is 283 g/mol. The Morgan fingerprint density at radius 3 is 2.58 bits per heavy atom. The molecule has 1 aromatic carbocycles. The van der Waals surface area contributed by atoms with Gasteiger partial charge in [-0.2, -0.15) is 0 Å². The number of carbonyl (C=O) groups excluding carboxylic acids is 2. The first-order valence-corrected chi connectivity index (χ1v) is 5.88. The molecule has 0 bridgehead atoms. The lowest BCUT2D eigenvalue weighted by atomic mass is 9.79. The molecule has 1 aliphatic heterocycles. The molecular formula is C12H11ClN2O4. The molecule has 1 saturated heterocycles. The van der Waals surface area contributed by atoms with Crippen LogP contribution in [0.4, 0.5) is 4.79 Å². The minimum absolute atomic E-state index is 0.332. The molecule has 6 nitrogen and oxygen atoms in total. The van der Waals surface area contributed by atoms with Crippen molar-refractivity contribution in [3.63, 3.8) is 0 Å². The topological polar surface area (TPSA) is 95.5 Å². The van der Waals surface area contributed by atoms with Gasteiger partial charge in [-0.3, -0.25) is 14.9 Å². The SMILES string of the molecule is CC(C(=O)O)C1(c2cccc(Cl)c2)NC(=O)NC1=O. The van der Waals surface area contributed by atoms with Crippen LogP contribution in [0.5, 0.6) is 0 Å². The van der Waals surface area contributed by atoms with Crippen molar-refractivity contribution < 1.29 is 19.5 Å². The predicted octanol–water partition coefficient (Wildman–Crippen LogP) is 1.10. The molecule has 0 radical (unpaired) electrons. The summed E-state index contributed by atoms with van der Waals surface area (Å²) in [6.07, 6.45) is 0. The highest BCUT2D eigenvalue weighted by atomic mass is 35.5. The van der Waals surface area contributed by atoms with E-state index in [0.29, 0.717) is 10.6 Å². The van der Waals surface area contributed by atoms with Gasteiger partial charge in [0.15, 0.2) is 5.54 Å². The summed E-state index contributed by atoms with van der Waals surface area (Å²) in [5.74, 6) is -3.04. The van der Waals surface area contributed by atoms with Gasteiger partial charge in [0.2, 0.25) is 0 Å². The summed E-state index contributed by atoms with van der Waals surface area (Å²) < 4.78 is 0. The summed E-state index contributed by atoms with van der Waals surface area (Å²) in [5, 5.41) is 14.0. The zero-order valence-electron chi connectivity index (χ0n) is 9.94. The summed E-state index contributed by atoms with van der Waals surface area (Å²) in [5.41, 5.74) is -1.31. The fraction of sp³-hybridized carbons (Fsp3) is 0.250. The monoisotopic (exact) mass is 282 g/mol. The average Bonchev–Trinajstić information content (AvgIpc) is 2.64. The lowest BCUT2D eigenvalue weighted by molar-refractivity contribution is -0.147. The van der Waals surface area contributed by atoms with Crippen LogP contribution in [-0.2, 0) is 15.1 Å². The summed E-state index contributed by atoms with van der Waals surface area (Å²) in [7, 11) is 0. The first-order valence-electron chi connectivity index (χ1n) is 5.50. The quantitative estimate of drug-likeness (QED) is 0.723. The number of carboxylic acid groups (broad SMARTS) is 1. The zero-order chi connectivity index (χ0) is 14.2. The van der Waals surface area contributed by atoms with E-state index < -0.39 is 29.4 Å². The number of benzene rings is 1. The van der Waals surface area contributed by atoms with E-state index in [-0.39, 0.29) is 0 Å². The normalized spacial score (nSPS) is 23.7. The van der Waals surface area contributed by atoms with Crippen molar-refractivity contribution in [1.29, 1.82) is 0 Å². The number of carboxylic acids is 1. The first kappa shape index (κ1) is 13.4. The second kappa shape index (κ2) is 4.55. The molecule has 7 heteroatoms. The van der Waals surface area contributed by atoms with E-state index in [1.807, 2.05) is 0 Å². The molecule has 100 valence electrons. The standard InChI is InChI=1S/C12H11ClN2O4/c1-6(9(16)17)12(10(18)14-11(19)15-12)7-3-2-4-8(13)5-7/h2-6H,1H3,(H,16,17)(H2,14,15,18,19). The number of hydrogen-bond acceptors (Lipinski definition) is 3. The van der Waals surface area contributed by atoms with Gasteiger partial charge < -0.3 is 10.4 Å². The van der Waals surface area contributed by atoms with Crippen molar-refractivity contribution in [1.82, 2.24) is 10.6 Å². The van der Waals surface area contributed by atoms with Gasteiger partial charge in [-0.25, -0.2) is 4.79 Å². The fourth-order valence-corrected chi connectivity index (χ4v) is 2.34. The Bertz CT molecular complexity index is 575. The highest BCUT2D eigenvalue weighted by molar-refractivity contribution is 6.30. The maximum absolute atomic E-state index is 12.1. The number of rotatable bonds is 3. The Kier molecular flexibility index (Phi) is 3.20. The van der Waals surface area contributed by atoms with Gasteiger partial charge in [0.05, 0.1) is 5.92 Å². The molecular weight excluding hydrogens is 272 g/mol. The molecule has 19 heavy (non-hydrogen) atoms. The number of carbonyl (C=O) groups is 3. The van der Waals surface area contributed by atoms with Crippen molar-refractivity contribution in [2.75, 3.05) is 0 Å². The number of nitrogens with one attached hydrogen (secondary N) is 2. The zero-order valence-corrected chi connectivity index (χ0v) is 10.7. The summed E-state index contributed by atoms with van der Waals surface area (Å²) in [6, 6.07) is 5.48. The van der Waals surface area contributed by atoms with Gasteiger partial charge in [-0.1, -0.05) is 23.7 Å². The van der Waals surface area contributed by atoms with Crippen LogP contribution in [-0.4, -0.2) is 23.0 Å². The van der Waals surface area contributed by atoms with Gasteiger partial charge in [0, 0.05) is 5.02 Å². The van der Waals surface area contributed by atoms with Gasteiger partial charge >= 0.3 is 12.0 Å². The van der Waals surface area contributed by atoms with Crippen molar-refractivity contribution >= 4 is 29.5 Å². The van der Waals surface area contributed by atoms with E-state index in [2.05, 4.69) is 10.6 Å². The Morgan fingerprint density at radius 2 is 2.11 bits per heavy atom. The highest BCUT2D eigenvalue weighted by Crippen LogP contribution is 2.34. The molecule has 0 spiro atoms. The van der Waals surface area contributed by atoms with Crippen molar-refractivity contribution in [3.8, 4) is 0 Å². The van der Waals surface area contributed by atoms with Gasteiger partial charge in [0.1, 0.15) is 0 Å². The van der Waals surface area contributed by atoms with Crippen LogP contribution in [0.15, 0.2) is 24.3 Å². The Morgan fingerprint density at radius 1 is 1.42 bits per heavy atom. The summed E-state index contributed by atoms with van der Waals surface area (Å²) in [4.78, 5) is 34.7. The number of hydrogen-bond donors (Lipinski definition) is 3. The molecule has 3 amide bonds. The van der Waals surface area contributed by atoms with Gasteiger partial charge in [-0.15, -0.1) is 0 Å². The lowest BCUT2D eigenvalue weighted by Gasteiger charge is -2.30. The van der Waals surface area contributed by atoms with Crippen LogP contribution >= 0.6 is 11.6 Å². The van der Waals surface area contributed by atoms with Crippen LogP contribution in [0.2, 0.25) is 5.02 Å². The molecule has 3 N–H and O–H groups in total. The molecule has 2 atom stereocenters. The van der Waals surface area contributed by atoms with Gasteiger partial charge in [-0.05, 0) is 24.6 Å². The lowest BCUT2D eigenvalue weighted by Crippen LogP contribution is -2.51. The van der Waals surface area contributed by atoms with E-state index in [9.17, 15) is 19.5 Å². The molecule has 0 aliphatic carbocycles. The molecule has 2 unspecified atom stereocenters. The molecule has 2 rings (SSSR count). The second-order valence-electron chi connectivity index (χ2n) is 4.29. The van der Waals surface area contributed by atoms with E-state index >= 15 is 0 Å². The van der Waals surface area contributed by atoms with E-state index in [1.165, 1.54) is 13.0 Å². The van der Waals surface area contributed by atoms with Crippen LogP contribution in [0.1, 0.15) is 12.5 Å². The third kappa shape index (κ3) is 2.04. The third-order valence-corrected chi connectivity index (χ3v) is 3.43. The first-order chi connectivity index (χ1) is 8.87. The number of aliphatic carboxylic acids is 1. The largest absolute Gasteiger partial charge is 0.481 e. The number of imide groups is 1. The number of amides is 3. The summed E-state index contributed by atoms with van der Waals surface area (Å²) >= 11 is 5.86. The third-order valence-electron chi connectivity index (χ3n) is 3.20. The van der Waals surface area contributed by atoms with E-state index in [1.54, 1.807) is 18.2 Å². The van der Waals surface area contributed by atoms with Gasteiger partial charge in [0.25, 0.3) is 5.91 Å². The molecule has 1 heterocycles.